The number of nitrogens with one attached hydrogen (secondary N) is 1. The molecule has 0 bridgehead atoms. The molecule has 1 aromatic carbocycles. The molecule has 100 valence electrons. The van der Waals surface area contributed by atoms with Gasteiger partial charge in [-0.2, -0.15) is 0 Å². The molecule has 0 radical (unpaired) electrons. The van der Waals surface area contributed by atoms with E-state index in [4.69, 9.17) is 23.2 Å². The standard InChI is InChI=1S/C15H21Cl2N/c1-10-3-4-15(11(2)5-10)18-9-12-6-13(16)8-14(17)7-12/h6-8,10-11,15,18H,3-5,9H2,1-2H3. The summed E-state index contributed by atoms with van der Waals surface area (Å²) in [5, 5.41) is 5.07. The van der Waals surface area contributed by atoms with Gasteiger partial charge in [0, 0.05) is 22.6 Å². The van der Waals surface area contributed by atoms with E-state index < -0.39 is 0 Å². The van der Waals surface area contributed by atoms with Crippen LogP contribution in [0.4, 0.5) is 0 Å². The van der Waals surface area contributed by atoms with Crippen LogP contribution in [0.15, 0.2) is 18.2 Å². The Kier molecular flexibility index (Phi) is 4.94. The number of halogens is 2. The second-order valence-corrected chi connectivity index (χ2v) is 6.53. The van der Waals surface area contributed by atoms with Crippen LogP contribution in [0, 0.1) is 11.8 Å². The zero-order chi connectivity index (χ0) is 13.1. The van der Waals surface area contributed by atoms with Gasteiger partial charge in [0.2, 0.25) is 0 Å². The highest BCUT2D eigenvalue weighted by Crippen LogP contribution is 2.29. The summed E-state index contributed by atoms with van der Waals surface area (Å²) in [5.41, 5.74) is 1.17. The minimum atomic E-state index is 0.624. The molecule has 1 saturated carbocycles. The van der Waals surface area contributed by atoms with Crippen LogP contribution in [0.5, 0.6) is 0 Å². The zero-order valence-corrected chi connectivity index (χ0v) is 12.6. The van der Waals surface area contributed by atoms with Crippen LogP contribution in [-0.4, -0.2) is 6.04 Å². The van der Waals surface area contributed by atoms with Gasteiger partial charge < -0.3 is 5.32 Å². The molecule has 0 aromatic heterocycles. The minimum Gasteiger partial charge on any atom is -0.310 e. The molecular weight excluding hydrogens is 265 g/mol. The first-order chi connectivity index (χ1) is 8.54. The first-order valence-electron chi connectivity index (χ1n) is 6.73. The van der Waals surface area contributed by atoms with E-state index in [9.17, 15) is 0 Å². The summed E-state index contributed by atoms with van der Waals surface area (Å²) in [4.78, 5) is 0. The van der Waals surface area contributed by atoms with E-state index in [0.29, 0.717) is 16.1 Å². The predicted molar refractivity (Wildman–Crippen MR) is 79.3 cm³/mol. The molecule has 1 aliphatic carbocycles. The molecule has 2 rings (SSSR count). The Bertz CT molecular complexity index is 385. The van der Waals surface area contributed by atoms with Gasteiger partial charge in [-0.3, -0.25) is 0 Å². The van der Waals surface area contributed by atoms with Crippen LogP contribution >= 0.6 is 23.2 Å². The van der Waals surface area contributed by atoms with Crippen LogP contribution < -0.4 is 5.32 Å². The van der Waals surface area contributed by atoms with Crippen LogP contribution in [0.25, 0.3) is 0 Å². The highest BCUT2D eigenvalue weighted by Gasteiger charge is 2.24. The van der Waals surface area contributed by atoms with Gasteiger partial charge in [-0.1, -0.05) is 37.0 Å². The van der Waals surface area contributed by atoms with E-state index in [-0.39, 0.29) is 0 Å². The molecular formula is C15H21Cl2N. The molecule has 3 atom stereocenters. The minimum absolute atomic E-state index is 0.624. The molecule has 3 unspecified atom stereocenters. The van der Waals surface area contributed by atoms with Crippen molar-refractivity contribution in [3.8, 4) is 0 Å². The lowest BCUT2D eigenvalue weighted by Crippen LogP contribution is -2.38. The summed E-state index contributed by atoms with van der Waals surface area (Å²) >= 11 is 12.0. The maximum Gasteiger partial charge on any atom is 0.0424 e. The van der Waals surface area contributed by atoms with E-state index in [1.54, 1.807) is 6.07 Å². The van der Waals surface area contributed by atoms with Crippen molar-refractivity contribution in [3.05, 3.63) is 33.8 Å². The fraction of sp³-hybridized carbons (Fsp3) is 0.600. The van der Waals surface area contributed by atoms with Crippen LogP contribution in [-0.2, 0) is 6.54 Å². The molecule has 0 saturated heterocycles. The summed E-state index contributed by atoms with van der Waals surface area (Å²) in [7, 11) is 0. The molecule has 1 nitrogen and oxygen atoms in total. The van der Waals surface area contributed by atoms with E-state index in [2.05, 4.69) is 19.2 Å². The maximum atomic E-state index is 6.01. The summed E-state index contributed by atoms with van der Waals surface area (Å²) in [5.74, 6) is 1.63. The lowest BCUT2D eigenvalue weighted by atomic mass is 9.80. The van der Waals surface area contributed by atoms with Crippen molar-refractivity contribution < 1.29 is 0 Å². The monoisotopic (exact) mass is 285 g/mol. The number of rotatable bonds is 3. The zero-order valence-electron chi connectivity index (χ0n) is 11.0. The van der Waals surface area contributed by atoms with E-state index in [0.717, 1.165) is 18.4 Å². The molecule has 1 fully saturated rings. The Labute approximate surface area is 120 Å². The molecule has 1 aromatic rings. The first-order valence-corrected chi connectivity index (χ1v) is 7.48. The van der Waals surface area contributed by atoms with Crippen molar-refractivity contribution in [1.29, 1.82) is 0 Å². The molecule has 1 N–H and O–H groups in total. The second kappa shape index (κ2) is 6.27. The van der Waals surface area contributed by atoms with Crippen LogP contribution in [0.1, 0.15) is 38.7 Å². The van der Waals surface area contributed by atoms with Crippen LogP contribution in [0.2, 0.25) is 10.0 Å². The van der Waals surface area contributed by atoms with Gasteiger partial charge in [-0.05, 0) is 54.9 Å². The average molecular weight is 286 g/mol. The molecule has 0 heterocycles. The fourth-order valence-corrected chi connectivity index (χ4v) is 3.50. The van der Waals surface area contributed by atoms with Gasteiger partial charge >= 0.3 is 0 Å². The molecule has 18 heavy (non-hydrogen) atoms. The molecule has 3 heteroatoms. The largest absolute Gasteiger partial charge is 0.310 e. The van der Waals surface area contributed by atoms with Crippen molar-refractivity contribution in [3.63, 3.8) is 0 Å². The average Bonchev–Trinajstić information content (AvgIpc) is 2.26. The number of hydrogen-bond acceptors (Lipinski definition) is 1. The van der Waals surface area contributed by atoms with E-state index in [1.165, 1.54) is 24.8 Å². The number of hydrogen-bond donors (Lipinski definition) is 1. The topological polar surface area (TPSA) is 12.0 Å². The summed E-state index contributed by atoms with van der Waals surface area (Å²) in [6.45, 7) is 5.55. The van der Waals surface area contributed by atoms with Crippen molar-refractivity contribution in [2.24, 2.45) is 11.8 Å². The van der Waals surface area contributed by atoms with Gasteiger partial charge in [-0.25, -0.2) is 0 Å². The lowest BCUT2D eigenvalue weighted by Gasteiger charge is -2.33. The highest BCUT2D eigenvalue weighted by molar-refractivity contribution is 6.34. The Morgan fingerprint density at radius 3 is 2.39 bits per heavy atom. The second-order valence-electron chi connectivity index (χ2n) is 5.66. The first kappa shape index (κ1) is 14.2. The number of benzene rings is 1. The fourth-order valence-electron chi connectivity index (χ4n) is 2.93. The molecule has 0 spiro atoms. The van der Waals surface area contributed by atoms with Gasteiger partial charge in [0.1, 0.15) is 0 Å². The van der Waals surface area contributed by atoms with Crippen LogP contribution in [0.3, 0.4) is 0 Å². The van der Waals surface area contributed by atoms with Gasteiger partial charge in [0.15, 0.2) is 0 Å². The summed E-state index contributed by atoms with van der Waals surface area (Å²) in [6.07, 6.45) is 3.93. The van der Waals surface area contributed by atoms with Gasteiger partial charge in [0.05, 0.1) is 0 Å². The van der Waals surface area contributed by atoms with Gasteiger partial charge in [0.25, 0.3) is 0 Å². The third-order valence-electron chi connectivity index (χ3n) is 3.92. The highest BCUT2D eigenvalue weighted by atomic mass is 35.5. The Morgan fingerprint density at radius 2 is 1.78 bits per heavy atom. The van der Waals surface area contributed by atoms with Crippen molar-refractivity contribution in [2.45, 2.75) is 45.7 Å². The van der Waals surface area contributed by atoms with E-state index in [1.807, 2.05) is 12.1 Å². The summed E-state index contributed by atoms with van der Waals surface area (Å²) in [6, 6.07) is 6.36. The lowest BCUT2D eigenvalue weighted by molar-refractivity contribution is 0.227. The SMILES string of the molecule is CC1CCC(NCc2cc(Cl)cc(Cl)c2)C(C)C1. The normalized spacial score (nSPS) is 28.3. The Hall–Kier alpha value is -0.240. The Morgan fingerprint density at radius 1 is 1.11 bits per heavy atom. The van der Waals surface area contributed by atoms with Gasteiger partial charge in [-0.15, -0.1) is 0 Å². The van der Waals surface area contributed by atoms with Crippen molar-refractivity contribution in [2.75, 3.05) is 0 Å². The smallest absolute Gasteiger partial charge is 0.0424 e. The van der Waals surface area contributed by atoms with E-state index >= 15 is 0 Å². The molecule has 1 aliphatic rings. The quantitative estimate of drug-likeness (QED) is 0.832. The van der Waals surface area contributed by atoms with Crippen molar-refractivity contribution in [1.82, 2.24) is 5.32 Å². The molecule has 0 amide bonds. The third-order valence-corrected chi connectivity index (χ3v) is 4.36. The van der Waals surface area contributed by atoms with Crippen molar-refractivity contribution >= 4 is 23.2 Å². The Balaban J connectivity index is 1.91. The predicted octanol–water partition coefficient (Wildman–Crippen LogP) is 4.91. The maximum absolute atomic E-state index is 6.01. The molecule has 0 aliphatic heterocycles. The third kappa shape index (κ3) is 3.88. The summed E-state index contributed by atoms with van der Waals surface area (Å²) < 4.78 is 0.